The Morgan fingerprint density at radius 3 is 2.48 bits per heavy atom. The van der Waals surface area contributed by atoms with E-state index >= 15 is 0 Å². The largest absolute Gasteiger partial charge is 0.417 e. The van der Waals surface area contributed by atoms with E-state index in [0.717, 1.165) is 10.6 Å². The zero-order chi connectivity index (χ0) is 19.9. The van der Waals surface area contributed by atoms with Gasteiger partial charge in [-0.2, -0.15) is 13.2 Å². The van der Waals surface area contributed by atoms with Crippen LogP contribution in [0.3, 0.4) is 0 Å². The number of hydrogen-bond donors (Lipinski definition) is 0. The summed E-state index contributed by atoms with van der Waals surface area (Å²) in [5.74, 6) is -0.644. The lowest BCUT2D eigenvalue weighted by atomic mass is 9.95. The minimum absolute atomic E-state index is 0.00323. The highest BCUT2D eigenvalue weighted by Crippen LogP contribution is 2.37. The predicted molar refractivity (Wildman–Crippen MR) is 93.5 cm³/mol. The van der Waals surface area contributed by atoms with Gasteiger partial charge in [0, 0.05) is 30.0 Å². The van der Waals surface area contributed by atoms with Crippen LogP contribution in [-0.2, 0) is 19.6 Å². The Balaban J connectivity index is 2.40. The van der Waals surface area contributed by atoms with E-state index in [9.17, 15) is 27.2 Å². The van der Waals surface area contributed by atoms with Crippen LogP contribution in [0, 0.1) is 12.7 Å². The lowest BCUT2D eigenvalue weighted by Gasteiger charge is -2.18. The van der Waals surface area contributed by atoms with Crippen molar-refractivity contribution in [1.29, 1.82) is 0 Å². The summed E-state index contributed by atoms with van der Waals surface area (Å²) >= 11 is 0. The fourth-order valence-electron chi connectivity index (χ4n) is 3.22. The van der Waals surface area contributed by atoms with Gasteiger partial charge in [-0.05, 0) is 36.2 Å². The summed E-state index contributed by atoms with van der Waals surface area (Å²) in [6, 6.07) is 8.12. The normalized spacial score (nSPS) is 11.8. The SMILES string of the molecule is Cc1cccc(Cc2c(C(F)(F)F)c3cc(C=O)ccc3n(C)c2=O)c1F. The third-order valence-electron chi connectivity index (χ3n) is 4.57. The van der Waals surface area contributed by atoms with E-state index in [2.05, 4.69) is 0 Å². The van der Waals surface area contributed by atoms with Crippen molar-refractivity contribution in [2.45, 2.75) is 19.5 Å². The van der Waals surface area contributed by atoms with Crippen molar-refractivity contribution in [2.75, 3.05) is 0 Å². The Labute approximate surface area is 151 Å². The molecule has 0 radical (unpaired) electrons. The molecule has 2 aromatic carbocycles. The van der Waals surface area contributed by atoms with Crippen molar-refractivity contribution in [3.63, 3.8) is 0 Å². The van der Waals surface area contributed by atoms with Crippen molar-refractivity contribution in [2.24, 2.45) is 7.05 Å². The average molecular weight is 377 g/mol. The van der Waals surface area contributed by atoms with Gasteiger partial charge < -0.3 is 4.57 Å². The molecule has 3 aromatic rings. The highest BCUT2D eigenvalue weighted by Gasteiger charge is 2.37. The van der Waals surface area contributed by atoms with Crippen molar-refractivity contribution < 1.29 is 22.4 Å². The second kappa shape index (κ2) is 6.64. The molecule has 0 aliphatic carbocycles. The van der Waals surface area contributed by atoms with Crippen LogP contribution in [0.4, 0.5) is 17.6 Å². The van der Waals surface area contributed by atoms with Gasteiger partial charge in [0.05, 0.1) is 11.1 Å². The maximum atomic E-state index is 14.3. The van der Waals surface area contributed by atoms with Crippen LogP contribution in [0.1, 0.15) is 32.6 Å². The second-order valence-corrected chi connectivity index (χ2v) is 6.33. The number of aromatic nitrogens is 1. The van der Waals surface area contributed by atoms with Crippen LogP contribution in [0.5, 0.6) is 0 Å². The Morgan fingerprint density at radius 1 is 1.15 bits per heavy atom. The van der Waals surface area contributed by atoms with Crippen LogP contribution in [0.25, 0.3) is 10.9 Å². The summed E-state index contributed by atoms with van der Waals surface area (Å²) in [5.41, 5.74) is -2.15. The summed E-state index contributed by atoms with van der Waals surface area (Å²) in [6.45, 7) is 1.50. The third kappa shape index (κ3) is 3.25. The Morgan fingerprint density at radius 2 is 1.85 bits per heavy atom. The summed E-state index contributed by atoms with van der Waals surface area (Å²) in [7, 11) is 1.35. The van der Waals surface area contributed by atoms with Gasteiger partial charge in [0.25, 0.3) is 5.56 Å². The van der Waals surface area contributed by atoms with Crippen LogP contribution in [0.2, 0.25) is 0 Å². The van der Waals surface area contributed by atoms with Gasteiger partial charge in [0.2, 0.25) is 0 Å². The van der Waals surface area contributed by atoms with Crippen LogP contribution in [-0.4, -0.2) is 10.9 Å². The smallest absolute Gasteiger partial charge is 0.311 e. The summed E-state index contributed by atoms with van der Waals surface area (Å²) < 4.78 is 57.1. The first-order valence-electron chi connectivity index (χ1n) is 8.07. The van der Waals surface area contributed by atoms with Gasteiger partial charge >= 0.3 is 6.18 Å². The zero-order valence-corrected chi connectivity index (χ0v) is 14.5. The van der Waals surface area contributed by atoms with Gasteiger partial charge in [0.15, 0.2) is 0 Å². The molecule has 3 rings (SSSR count). The minimum atomic E-state index is -4.84. The van der Waals surface area contributed by atoms with Crippen molar-refractivity contribution in [3.05, 3.63) is 80.4 Å². The molecule has 0 N–H and O–H groups in total. The second-order valence-electron chi connectivity index (χ2n) is 6.33. The van der Waals surface area contributed by atoms with Gasteiger partial charge in [-0.1, -0.05) is 18.2 Å². The van der Waals surface area contributed by atoms with Crippen LogP contribution < -0.4 is 5.56 Å². The number of hydrogen-bond acceptors (Lipinski definition) is 2. The molecule has 0 aliphatic heterocycles. The topological polar surface area (TPSA) is 39.1 Å². The van der Waals surface area contributed by atoms with E-state index in [1.807, 2.05) is 0 Å². The molecule has 7 heteroatoms. The molecule has 1 aromatic heterocycles. The number of aldehydes is 1. The maximum absolute atomic E-state index is 14.3. The van der Waals surface area contributed by atoms with Gasteiger partial charge in [-0.25, -0.2) is 4.39 Å². The fourth-order valence-corrected chi connectivity index (χ4v) is 3.22. The number of carbonyl (C=O) groups is 1. The molecule has 0 spiro atoms. The van der Waals surface area contributed by atoms with Gasteiger partial charge in [-0.15, -0.1) is 0 Å². The standard InChI is InChI=1S/C20H15F4NO2/c1-11-4-3-5-13(18(11)21)9-15-17(20(22,23)24)14-8-12(10-26)6-7-16(14)25(2)19(15)27/h3-8,10H,9H2,1-2H3. The quantitative estimate of drug-likeness (QED) is 0.501. The lowest BCUT2D eigenvalue weighted by Crippen LogP contribution is -2.27. The first kappa shape index (κ1) is 18.8. The molecule has 140 valence electrons. The van der Waals surface area contributed by atoms with E-state index in [4.69, 9.17) is 0 Å². The van der Waals surface area contributed by atoms with Crippen molar-refractivity contribution in [1.82, 2.24) is 4.57 Å². The molecular formula is C20H15F4NO2. The number of halogens is 4. The van der Waals surface area contributed by atoms with Gasteiger partial charge in [-0.3, -0.25) is 9.59 Å². The number of pyridine rings is 1. The van der Waals surface area contributed by atoms with Crippen LogP contribution in [0.15, 0.2) is 41.2 Å². The lowest BCUT2D eigenvalue weighted by molar-refractivity contribution is -0.137. The molecule has 0 fully saturated rings. The monoisotopic (exact) mass is 377 g/mol. The first-order chi connectivity index (χ1) is 12.6. The Bertz CT molecular complexity index is 1110. The molecule has 1 heterocycles. The molecule has 0 bridgehead atoms. The highest BCUT2D eigenvalue weighted by atomic mass is 19.4. The maximum Gasteiger partial charge on any atom is 0.417 e. The number of benzene rings is 2. The van der Waals surface area contributed by atoms with E-state index in [1.54, 1.807) is 0 Å². The summed E-state index contributed by atoms with van der Waals surface area (Å²) in [4.78, 5) is 23.7. The fraction of sp³-hybridized carbons (Fsp3) is 0.200. The number of fused-ring (bicyclic) bond motifs is 1. The molecule has 27 heavy (non-hydrogen) atoms. The number of nitrogens with zero attached hydrogens (tertiary/aromatic N) is 1. The van der Waals surface area contributed by atoms with E-state index in [-0.39, 0.29) is 27.6 Å². The third-order valence-corrected chi connectivity index (χ3v) is 4.57. The molecular weight excluding hydrogens is 362 g/mol. The average Bonchev–Trinajstić information content (AvgIpc) is 2.61. The minimum Gasteiger partial charge on any atom is -0.311 e. The summed E-state index contributed by atoms with van der Waals surface area (Å²) in [6.07, 6.45) is -4.91. The number of rotatable bonds is 3. The number of carbonyl (C=O) groups excluding carboxylic acids is 1. The first-order valence-corrected chi connectivity index (χ1v) is 8.07. The predicted octanol–water partition coefficient (Wildman–Crippen LogP) is 4.41. The molecule has 0 amide bonds. The molecule has 0 atom stereocenters. The van der Waals surface area contributed by atoms with Crippen molar-refractivity contribution in [3.8, 4) is 0 Å². The van der Waals surface area contributed by atoms with Gasteiger partial charge in [0.1, 0.15) is 12.1 Å². The summed E-state index contributed by atoms with van der Waals surface area (Å²) in [5, 5.41) is -0.266. The van der Waals surface area contributed by atoms with E-state index in [1.165, 1.54) is 44.3 Å². The van der Waals surface area contributed by atoms with Crippen LogP contribution >= 0.6 is 0 Å². The van der Waals surface area contributed by atoms with Crippen molar-refractivity contribution >= 4 is 17.2 Å². The zero-order valence-electron chi connectivity index (χ0n) is 14.5. The Hall–Kier alpha value is -2.96. The highest BCUT2D eigenvalue weighted by molar-refractivity contribution is 5.90. The number of alkyl halides is 3. The molecule has 0 saturated heterocycles. The number of aryl methyl sites for hydroxylation is 2. The van der Waals surface area contributed by atoms with E-state index in [0.29, 0.717) is 6.29 Å². The Kier molecular flexibility index (Phi) is 4.63. The molecule has 3 nitrogen and oxygen atoms in total. The molecule has 0 saturated carbocycles. The molecule has 0 unspecified atom stereocenters. The molecule has 0 aliphatic rings. The van der Waals surface area contributed by atoms with E-state index < -0.39 is 35.1 Å².